The van der Waals surface area contributed by atoms with Crippen molar-refractivity contribution in [2.75, 3.05) is 6.54 Å². The van der Waals surface area contributed by atoms with Gasteiger partial charge in [0.15, 0.2) is 0 Å². The van der Waals surface area contributed by atoms with Crippen LogP contribution >= 0.6 is 38.5 Å². The number of nitrogens with one attached hydrogen (secondary N) is 1. The summed E-state index contributed by atoms with van der Waals surface area (Å²) in [5.41, 5.74) is 0.191. The Hall–Kier alpha value is -0.310. The Morgan fingerprint density at radius 1 is 1.44 bits per heavy atom. The van der Waals surface area contributed by atoms with Gasteiger partial charge in [-0.15, -0.1) is 0 Å². The number of hydrogen-bond acceptors (Lipinski definition) is 1. The molecule has 0 aromatic heterocycles. The van der Waals surface area contributed by atoms with Crippen LogP contribution in [0.1, 0.15) is 10.4 Å². The van der Waals surface area contributed by atoms with Crippen LogP contribution in [-0.2, 0) is 0 Å². The minimum absolute atomic E-state index is 0.191. The molecule has 1 rings (SSSR count). The summed E-state index contributed by atoms with van der Waals surface area (Å²) < 4.78 is 36.9. The van der Waals surface area contributed by atoms with Crippen LogP contribution in [0.2, 0.25) is 0 Å². The largest absolute Gasteiger partial charge is 0.405 e. The molecule has 7 heteroatoms. The molecule has 0 unspecified atom stereocenters. The first-order valence-electron chi connectivity index (χ1n) is 4.09. The molecule has 0 bridgehead atoms. The second-order valence-corrected chi connectivity index (χ2v) is 5.02. The van der Waals surface area contributed by atoms with Crippen LogP contribution in [0.25, 0.3) is 0 Å². The van der Waals surface area contributed by atoms with Gasteiger partial charge in [-0.05, 0) is 56.7 Å². The molecule has 2 nitrogen and oxygen atoms in total. The molecule has 1 aromatic carbocycles. The molecule has 1 N–H and O–H groups in total. The van der Waals surface area contributed by atoms with Gasteiger partial charge in [0.1, 0.15) is 6.54 Å². The van der Waals surface area contributed by atoms with Gasteiger partial charge in [-0.3, -0.25) is 4.79 Å². The first-order valence-corrected chi connectivity index (χ1v) is 5.97. The lowest BCUT2D eigenvalue weighted by Crippen LogP contribution is -2.33. The fourth-order valence-electron chi connectivity index (χ4n) is 0.947. The minimum Gasteiger partial charge on any atom is -0.343 e. The fraction of sp³-hybridized carbons (Fsp3) is 0.222. The summed E-state index contributed by atoms with van der Waals surface area (Å²) in [7, 11) is 0. The fourth-order valence-corrected chi connectivity index (χ4v) is 1.87. The van der Waals surface area contributed by atoms with Gasteiger partial charge in [-0.2, -0.15) is 13.2 Å². The lowest BCUT2D eigenvalue weighted by Gasteiger charge is -2.09. The minimum atomic E-state index is -4.40. The Labute approximate surface area is 112 Å². The first-order chi connectivity index (χ1) is 7.29. The van der Waals surface area contributed by atoms with Gasteiger partial charge < -0.3 is 5.32 Å². The summed E-state index contributed by atoms with van der Waals surface area (Å²) in [5.74, 6) is -0.747. The highest BCUT2D eigenvalue weighted by atomic mass is 127. The zero-order chi connectivity index (χ0) is 12.3. The Balaban J connectivity index is 2.77. The van der Waals surface area contributed by atoms with E-state index in [4.69, 9.17) is 0 Å². The molecule has 0 atom stereocenters. The second kappa shape index (κ2) is 5.35. The zero-order valence-electron chi connectivity index (χ0n) is 7.74. The lowest BCUT2D eigenvalue weighted by atomic mass is 10.2. The number of amides is 1. The highest BCUT2D eigenvalue weighted by Crippen LogP contribution is 2.20. The van der Waals surface area contributed by atoms with Crippen LogP contribution in [0.3, 0.4) is 0 Å². The summed E-state index contributed by atoms with van der Waals surface area (Å²) in [6, 6.07) is 4.87. The van der Waals surface area contributed by atoms with Crippen molar-refractivity contribution in [3.8, 4) is 0 Å². The van der Waals surface area contributed by atoms with Crippen LogP contribution in [0, 0.1) is 3.57 Å². The molecule has 0 heterocycles. The van der Waals surface area contributed by atoms with Crippen LogP contribution in [0.4, 0.5) is 13.2 Å². The van der Waals surface area contributed by atoms with Crippen molar-refractivity contribution >= 4 is 44.4 Å². The van der Waals surface area contributed by atoms with Crippen molar-refractivity contribution in [1.29, 1.82) is 0 Å². The predicted molar refractivity (Wildman–Crippen MR) is 65.2 cm³/mol. The number of halogens is 5. The third-order valence-corrected chi connectivity index (χ3v) is 2.98. The van der Waals surface area contributed by atoms with Gasteiger partial charge in [-0.1, -0.05) is 0 Å². The van der Waals surface area contributed by atoms with E-state index in [1.807, 2.05) is 27.9 Å². The maximum atomic E-state index is 11.9. The van der Waals surface area contributed by atoms with E-state index in [0.717, 1.165) is 3.57 Å². The lowest BCUT2D eigenvalue weighted by molar-refractivity contribution is -0.123. The number of benzene rings is 1. The third kappa shape index (κ3) is 4.28. The summed E-state index contributed by atoms with van der Waals surface area (Å²) in [6.45, 7) is -1.33. The number of hydrogen-bond donors (Lipinski definition) is 1. The Kier molecular flexibility index (Phi) is 4.60. The number of rotatable bonds is 2. The molecule has 0 radical (unpaired) electrons. The monoisotopic (exact) mass is 407 g/mol. The van der Waals surface area contributed by atoms with E-state index in [0.29, 0.717) is 4.47 Å². The highest BCUT2D eigenvalue weighted by Gasteiger charge is 2.28. The van der Waals surface area contributed by atoms with Crippen LogP contribution < -0.4 is 5.32 Å². The van der Waals surface area contributed by atoms with E-state index in [2.05, 4.69) is 15.9 Å². The maximum absolute atomic E-state index is 11.9. The topological polar surface area (TPSA) is 29.1 Å². The molecule has 16 heavy (non-hydrogen) atoms. The van der Waals surface area contributed by atoms with E-state index >= 15 is 0 Å². The quantitative estimate of drug-likeness (QED) is 0.748. The van der Waals surface area contributed by atoms with Crippen molar-refractivity contribution < 1.29 is 18.0 Å². The van der Waals surface area contributed by atoms with Gasteiger partial charge in [0, 0.05) is 8.04 Å². The normalized spacial score (nSPS) is 11.3. The van der Waals surface area contributed by atoms with Crippen molar-refractivity contribution in [3.05, 3.63) is 31.8 Å². The molecule has 0 fully saturated rings. The molecule has 1 aromatic rings. The molecule has 0 spiro atoms. The third-order valence-electron chi connectivity index (χ3n) is 1.62. The van der Waals surface area contributed by atoms with E-state index in [1.54, 1.807) is 12.1 Å². The summed E-state index contributed by atoms with van der Waals surface area (Å²) in [4.78, 5) is 11.4. The zero-order valence-corrected chi connectivity index (χ0v) is 11.5. The van der Waals surface area contributed by atoms with Crippen LogP contribution in [-0.4, -0.2) is 18.6 Å². The number of carbonyl (C=O) groups excluding carboxylic acids is 1. The van der Waals surface area contributed by atoms with E-state index in [-0.39, 0.29) is 5.56 Å². The van der Waals surface area contributed by atoms with Crippen molar-refractivity contribution in [2.24, 2.45) is 0 Å². The molecular weight excluding hydrogens is 402 g/mol. The average Bonchev–Trinajstić information content (AvgIpc) is 2.17. The Morgan fingerprint density at radius 3 is 2.62 bits per heavy atom. The molecule has 88 valence electrons. The van der Waals surface area contributed by atoms with Gasteiger partial charge in [-0.25, -0.2) is 0 Å². The molecule has 0 saturated heterocycles. The van der Waals surface area contributed by atoms with E-state index in [1.165, 1.54) is 6.07 Å². The second-order valence-electron chi connectivity index (χ2n) is 2.92. The number of alkyl halides is 3. The van der Waals surface area contributed by atoms with Gasteiger partial charge >= 0.3 is 6.18 Å². The van der Waals surface area contributed by atoms with Gasteiger partial charge in [0.25, 0.3) is 5.91 Å². The van der Waals surface area contributed by atoms with Crippen LogP contribution in [0.15, 0.2) is 22.7 Å². The first kappa shape index (κ1) is 13.8. The van der Waals surface area contributed by atoms with Crippen molar-refractivity contribution in [3.63, 3.8) is 0 Å². The standard InChI is InChI=1S/C9H6BrF3INO/c10-7-2-1-5(14)3-6(7)8(16)15-4-9(11,12)13/h1-3H,4H2,(H,15,16). The molecule has 0 saturated carbocycles. The van der Waals surface area contributed by atoms with Crippen molar-refractivity contribution in [1.82, 2.24) is 5.32 Å². The maximum Gasteiger partial charge on any atom is 0.405 e. The summed E-state index contributed by atoms with van der Waals surface area (Å²) in [5, 5.41) is 1.81. The molecule has 0 aliphatic rings. The van der Waals surface area contributed by atoms with Gasteiger partial charge in [0.05, 0.1) is 5.56 Å². The average molecular weight is 408 g/mol. The molecule has 0 aliphatic heterocycles. The summed E-state index contributed by atoms with van der Waals surface area (Å²) in [6.07, 6.45) is -4.40. The Morgan fingerprint density at radius 2 is 2.06 bits per heavy atom. The highest BCUT2D eigenvalue weighted by molar-refractivity contribution is 14.1. The molecule has 1 amide bonds. The predicted octanol–water partition coefficient (Wildman–Crippen LogP) is 3.35. The van der Waals surface area contributed by atoms with Gasteiger partial charge in [0.2, 0.25) is 0 Å². The summed E-state index contributed by atoms with van der Waals surface area (Å²) >= 11 is 5.08. The molecular formula is C9H6BrF3INO. The Bertz CT molecular complexity index is 408. The smallest absolute Gasteiger partial charge is 0.343 e. The van der Waals surface area contributed by atoms with Crippen molar-refractivity contribution in [2.45, 2.75) is 6.18 Å². The van der Waals surface area contributed by atoms with Crippen LogP contribution in [0.5, 0.6) is 0 Å². The SMILES string of the molecule is O=C(NCC(F)(F)F)c1cc(I)ccc1Br. The van der Waals surface area contributed by atoms with E-state index < -0.39 is 18.6 Å². The van der Waals surface area contributed by atoms with E-state index in [9.17, 15) is 18.0 Å². The molecule has 0 aliphatic carbocycles. The number of carbonyl (C=O) groups is 1.